The van der Waals surface area contributed by atoms with E-state index < -0.39 is 12.1 Å². The van der Waals surface area contributed by atoms with E-state index in [1.165, 1.54) is 360 Å². The van der Waals surface area contributed by atoms with Gasteiger partial charge in [-0.05, 0) is 51.4 Å². The third-order valence-electron chi connectivity index (χ3n) is 17.8. The topological polar surface area (TPSA) is 95.9 Å². The molecule has 0 aliphatic heterocycles. The molecule has 0 radical (unpaired) electrons. The lowest BCUT2D eigenvalue weighted by atomic mass is 10.0. The zero-order valence-corrected chi connectivity index (χ0v) is 55.3. The lowest BCUT2D eigenvalue weighted by molar-refractivity contribution is -0.143. The van der Waals surface area contributed by atoms with Gasteiger partial charge in [0.05, 0.1) is 25.4 Å². The van der Waals surface area contributed by atoms with Gasteiger partial charge in [0.25, 0.3) is 0 Å². The Bertz CT molecular complexity index is 1220. The Labute approximate surface area is 508 Å². The predicted octanol–water partition coefficient (Wildman–Crippen LogP) is 24.3. The van der Waals surface area contributed by atoms with Gasteiger partial charge in [-0.1, -0.05) is 379 Å². The van der Waals surface area contributed by atoms with Crippen molar-refractivity contribution in [2.75, 3.05) is 13.2 Å². The second-order valence-corrected chi connectivity index (χ2v) is 26.0. The molecular weight excluding hydrogens is 995 g/mol. The van der Waals surface area contributed by atoms with Gasteiger partial charge in [-0.3, -0.25) is 9.59 Å². The van der Waals surface area contributed by atoms with E-state index >= 15 is 0 Å². The molecule has 0 saturated heterocycles. The van der Waals surface area contributed by atoms with Crippen molar-refractivity contribution in [3.05, 3.63) is 12.2 Å². The number of esters is 1. The summed E-state index contributed by atoms with van der Waals surface area (Å²) in [5, 5.41) is 23.3. The fraction of sp³-hybridized carbons (Fsp3) is 0.947. The molecule has 0 bridgehead atoms. The largest absolute Gasteiger partial charge is 0.466 e. The minimum absolute atomic E-state index is 0.0233. The van der Waals surface area contributed by atoms with E-state index in [4.69, 9.17) is 4.74 Å². The number of rotatable bonds is 71. The molecule has 2 unspecified atom stereocenters. The number of nitrogens with one attached hydrogen (secondary N) is 1. The van der Waals surface area contributed by atoms with Gasteiger partial charge in [-0.2, -0.15) is 0 Å². The van der Waals surface area contributed by atoms with Gasteiger partial charge in [-0.25, -0.2) is 0 Å². The van der Waals surface area contributed by atoms with Crippen molar-refractivity contribution in [1.82, 2.24) is 5.32 Å². The first-order valence-corrected chi connectivity index (χ1v) is 37.4. The van der Waals surface area contributed by atoms with Crippen molar-refractivity contribution < 1.29 is 24.5 Å². The molecule has 6 nitrogen and oxygen atoms in total. The van der Waals surface area contributed by atoms with E-state index in [9.17, 15) is 19.8 Å². The number of aliphatic hydroxyl groups excluding tert-OH is 2. The molecule has 0 aliphatic rings. The summed E-state index contributed by atoms with van der Waals surface area (Å²) < 4.78 is 5.51. The molecule has 482 valence electrons. The summed E-state index contributed by atoms with van der Waals surface area (Å²) in [4.78, 5) is 24.6. The van der Waals surface area contributed by atoms with E-state index in [1.54, 1.807) is 0 Å². The number of carbonyl (C=O) groups excluding carboxylic acids is 2. The monoisotopic (exact) mass is 1140 g/mol. The van der Waals surface area contributed by atoms with E-state index in [-0.39, 0.29) is 18.5 Å². The van der Waals surface area contributed by atoms with Gasteiger partial charge in [0.1, 0.15) is 0 Å². The van der Waals surface area contributed by atoms with Crippen molar-refractivity contribution in [3.63, 3.8) is 0 Å². The minimum atomic E-state index is -0.662. The average molecular weight is 1140 g/mol. The SMILES string of the molecule is CCCCCCCCCCCCCCCCCCCC(=O)OCCCCCCCCCCCCCC/C=C\CCCCCCCCCCCCCCCCCCC(=O)NC(CO)C(O)CCCCCCCCCCCCCCCCC. The molecule has 1 amide bonds. The van der Waals surface area contributed by atoms with Crippen molar-refractivity contribution in [3.8, 4) is 0 Å². The molecule has 0 rings (SSSR count). The number of aliphatic hydroxyl groups is 2. The number of allylic oxidation sites excluding steroid dienone is 2. The number of carbonyl (C=O) groups is 2. The highest BCUT2D eigenvalue weighted by molar-refractivity contribution is 5.76. The smallest absolute Gasteiger partial charge is 0.305 e. The van der Waals surface area contributed by atoms with Crippen molar-refractivity contribution in [2.45, 2.75) is 443 Å². The summed E-state index contributed by atoms with van der Waals surface area (Å²) in [6.45, 7) is 5.00. The van der Waals surface area contributed by atoms with Crippen LogP contribution in [-0.2, 0) is 14.3 Å². The predicted molar refractivity (Wildman–Crippen MR) is 357 cm³/mol. The summed E-state index contributed by atoms with van der Waals surface area (Å²) in [5.74, 6) is -0.00548. The van der Waals surface area contributed by atoms with Crippen LogP contribution in [0.1, 0.15) is 431 Å². The van der Waals surface area contributed by atoms with Crippen LogP contribution in [0.2, 0.25) is 0 Å². The Balaban J connectivity index is 3.33. The number of hydrogen-bond donors (Lipinski definition) is 3. The molecule has 0 fully saturated rings. The Morgan fingerprint density at radius 3 is 0.877 bits per heavy atom. The molecule has 2 atom stereocenters. The van der Waals surface area contributed by atoms with Crippen molar-refractivity contribution >= 4 is 11.9 Å². The molecule has 0 spiro atoms. The number of unbranched alkanes of at least 4 members (excludes halogenated alkanes) is 58. The second kappa shape index (κ2) is 71.1. The fourth-order valence-electron chi connectivity index (χ4n) is 12.1. The zero-order valence-electron chi connectivity index (χ0n) is 55.3. The Morgan fingerprint density at radius 1 is 0.333 bits per heavy atom. The lowest BCUT2D eigenvalue weighted by Crippen LogP contribution is -2.45. The normalized spacial score (nSPS) is 12.5. The highest BCUT2D eigenvalue weighted by Crippen LogP contribution is 2.20. The first-order chi connectivity index (χ1) is 40.0. The summed E-state index contributed by atoms with van der Waals surface area (Å²) in [5.41, 5.74) is 0. The van der Waals surface area contributed by atoms with Crippen molar-refractivity contribution in [1.29, 1.82) is 0 Å². The summed E-state index contributed by atoms with van der Waals surface area (Å²) in [7, 11) is 0. The van der Waals surface area contributed by atoms with Crippen molar-refractivity contribution in [2.24, 2.45) is 0 Å². The number of amides is 1. The summed E-state index contributed by atoms with van der Waals surface area (Å²) >= 11 is 0. The number of ether oxygens (including phenoxy) is 1. The highest BCUT2D eigenvalue weighted by atomic mass is 16.5. The molecule has 0 heterocycles. The van der Waals surface area contributed by atoms with E-state index in [0.29, 0.717) is 25.9 Å². The molecule has 0 aromatic heterocycles. The maximum atomic E-state index is 12.5. The summed E-state index contributed by atoms with van der Waals surface area (Å²) in [6, 6.07) is -0.539. The minimum Gasteiger partial charge on any atom is -0.466 e. The third kappa shape index (κ3) is 67.6. The van der Waals surface area contributed by atoms with Gasteiger partial charge >= 0.3 is 5.97 Å². The van der Waals surface area contributed by atoms with Crippen LogP contribution in [0.15, 0.2) is 12.2 Å². The Morgan fingerprint density at radius 2 is 0.580 bits per heavy atom. The quantitative estimate of drug-likeness (QED) is 0.0320. The summed E-state index contributed by atoms with van der Waals surface area (Å²) in [6.07, 6.45) is 88.6. The van der Waals surface area contributed by atoms with E-state index in [1.807, 2.05) is 0 Å². The first kappa shape index (κ1) is 79.6. The molecule has 0 aliphatic carbocycles. The fourth-order valence-corrected chi connectivity index (χ4v) is 12.1. The maximum Gasteiger partial charge on any atom is 0.305 e. The van der Waals surface area contributed by atoms with Gasteiger partial charge < -0.3 is 20.3 Å². The van der Waals surface area contributed by atoms with Crippen LogP contribution in [0.5, 0.6) is 0 Å². The Hall–Kier alpha value is -1.40. The van der Waals surface area contributed by atoms with Gasteiger partial charge in [-0.15, -0.1) is 0 Å². The van der Waals surface area contributed by atoms with Gasteiger partial charge in [0.2, 0.25) is 5.91 Å². The van der Waals surface area contributed by atoms with Crippen LogP contribution in [0.4, 0.5) is 0 Å². The standard InChI is InChI=1S/C75H147NO5/c1-3-5-7-9-11-13-15-17-19-36-41-45-49-53-57-61-65-69-75(80)81-70-66-62-58-54-50-46-42-38-35-33-31-29-27-25-23-21-20-22-24-26-28-30-32-34-37-40-44-48-52-56-60-64-68-74(79)76-72(71-77)73(78)67-63-59-55-51-47-43-39-18-16-14-12-10-8-6-4-2/h23,25,72-73,77-78H,3-22,24,26-71H2,1-2H3,(H,76,79)/b25-23-. The maximum absolute atomic E-state index is 12.5. The molecule has 81 heavy (non-hydrogen) atoms. The molecule has 0 aromatic rings. The third-order valence-corrected chi connectivity index (χ3v) is 17.8. The van der Waals surface area contributed by atoms with Crippen LogP contribution in [-0.4, -0.2) is 47.4 Å². The zero-order chi connectivity index (χ0) is 58.5. The van der Waals surface area contributed by atoms with Gasteiger partial charge in [0.15, 0.2) is 0 Å². The van der Waals surface area contributed by atoms with Crippen LogP contribution < -0.4 is 5.32 Å². The highest BCUT2D eigenvalue weighted by Gasteiger charge is 2.20. The first-order valence-electron chi connectivity index (χ1n) is 37.4. The molecule has 0 saturated carbocycles. The van der Waals surface area contributed by atoms with Crippen LogP contribution in [0.25, 0.3) is 0 Å². The van der Waals surface area contributed by atoms with Crippen LogP contribution in [0.3, 0.4) is 0 Å². The van der Waals surface area contributed by atoms with Crippen LogP contribution >= 0.6 is 0 Å². The van der Waals surface area contributed by atoms with E-state index in [2.05, 4.69) is 31.3 Å². The van der Waals surface area contributed by atoms with Crippen LogP contribution in [0, 0.1) is 0 Å². The average Bonchev–Trinajstić information content (AvgIpc) is 3.47. The lowest BCUT2D eigenvalue weighted by Gasteiger charge is -2.22. The molecule has 6 heteroatoms. The Kier molecular flexibility index (Phi) is 69.9. The molecule has 3 N–H and O–H groups in total. The molecular formula is C75H147NO5. The van der Waals surface area contributed by atoms with Gasteiger partial charge in [0, 0.05) is 12.8 Å². The van der Waals surface area contributed by atoms with E-state index in [0.717, 1.165) is 38.5 Å². The number of hydrogen-bond acceptors (Lipinski definition) is 5. The second-order valence-electron chi connectivity index (χ2n) is 26.0. The molecule has 0 aromatic carbocycles.